The van der Waals surface area contributed by atoms with E-state index in [1.807, 2.05) is 0 Å². The first kappa shape index (κ1) is 16.4. The first-order valence-electron chi connectivity index (χ1n) is 7.31. The molecule has 0 fully saturated rings. The summed E-state index contributed by atoms with van der Waals surface area (Å²) in [7, 11) is 0. The van der Waals surface area contributed by atoms with Crippen molar-refractivity contribution in [1.29, 1.82) is 0 Å². The minimum Gasteiger partial charge on any atom is -0.491 e. The van der Waals surface area contributed by atoms with Crippen molar-refractivity contribution < 1.29 is 18.7 Å². The number of fused-ring (bicyclic) bond motifs is 1. The second-order valence-corrected chi connectivity index (χ2v) is 6.13. The standard InChI is InChI=1S/C17H14BrFN2O3/c18-11-5-6-13(12(19)9-11)20-16(22)10-21-14-3-1-2-4-15(14)24-8-7-17(21)23/h1-6,9H,7-8,10H2,(H,20,22). The molecule has 2 aromatic carbocycles. The predicted octanol–water partition coefficient (Wildman–Crippen LogP) is 3.34. The van der Waals surface area contributed by atoms with E-state index in [9.17, 15) is 14.0 Å². The minimum absolute atomic E-state index is 0.0648. The number of para-hydroxylation sites is 2. The lowest BCUT2D eigenvalue weighted by Crippen LogP contribution is -2.37. The van der Waals surface area contributed by atoms with Gasteiger partial charge in [-0.25, -0.2) is 4.39 Å². The van der Waals surface area contributed by atoms with Gasteiger partial charge in [0, 0.05) is 4.47 Å². The number of nitrogens with one attached hydrogen (secondary N) is 1. The van der Waals surface area contributed by atoms with Gasteiger partial charge in [0.2, 0.25) is 11.8 Å². The molecule has 0 radical (unpaired) electrons. The summed E-state index contributed by atoms with van der Waals surface area (Å²) in [5.41, 5.74) is 0.599. The fourth-order valence-electron chi connectivity index (χ4n) is 2.42. The summed E-state index contributed by atoms with van der Waals surface area (Å²) in [6.07, 6.45) is 0.175. The maximum Gasteiger partial charge on any atom is 0.244 e. The van der Waals surface area contributed by atoms with Crippen molar-refractivity contribution in [3.05, 3.63) is 52.8 Å². The van der Waals surface area contributed by atoms with Crippen molar-refractivity contribution in [2.24, 2.45) is 0 Å². The summed E-state index contributed by atoms with van der Waals surface area (Å²) in [6, 6.07) is 11.4. The van der Waals surface area contributed by atoms with Crippen LogP contribution in [-0.4, -0.2) is 25.0 Å². The van der Waals surface area contributed by atoms with Gasteiger partial charge in [-0.3, -0.25) is 14.5 Å². The molecule has 0 bridgehead atoms. The number of carbonyl (C=O) groups excluding carboxylic acids is 2. The smallest absolute Gasteiger partial charge is 0.244 e. The third kappa shape index (κ3) is 3.56. The van der Waals surface area contributed by atoms with Crippen molar-refractivity contribution >= 4 is 39.1 Å². The molecule has 2 aromatic rings. The molecular weight excluding hydrogens is 379 g/mol. The molecule has 1 aliphatic heterocycles. The summed E-state index contributed by atoms with van der Waals surface area (Å²) in [4.78, 5) is 25.9. The highest BCUT2D eigenvalue weighted by molar-refractivity contribution is 9.10. The lowest BCUT2D eigenvalue weighted by Gasteiger charge is -2.21. The summed E-state index contributed by atoms with van der Waals surface area (Å²) in [6.45, 7) is 0.0457. The molecule has 0 aromatic heterocycles. The number of carbonyl (C=O) groups is 2. The zero-order valence-corrected chi connectivity index (χ0v) is 14.2. The van der Waals surface area contributed by atoms with E-state index in [0.29, 0.717) is 15.9 Å². The molecule has 1 heterocycles. The molecule has 0 aliphatic carbocycles. The number of rotatable bonds is 3. The molecule has 0 atom stereocenters. The fourth-order valence-corrected chi connectivity index (χ4v) is 2.75. The van der Waals surface area contributed by atoms with Gasteiger partial charge in [-0.15, -0.1) is 0 Å². The monoisotopic (exact) mass is 392 g/mol. The minimum atomic E-state index is -0.552. The zero-order valence-electron chi connectivity index (χ0n) is 12.6. The Hall–Kier alpha value is -2.41. The van der Waals surface area contributed by atoms with Crippen LogP contribution in [0.15, 0.2) is 46.9 Å². The zero-order chi connectivity index (χ0) is 17.1. The summed E-state index contributed by atoms with van der Waals surface area (Å²) >= 11 is 3.16. The average molecular weight is 393 g/mol. The molecule has 1 aliphatic rings. The van der Waals surface area contributed by atoms with Crippen LogP contribution in [0.4, 0.5) is 15.8 Å². The van der Waals surface area contributed by atoms with Gasteiger partial charge in [0.05, 0.1) is 24.4 Å². The molecule has 1 N–H and O–H groups in total. The molecule has 0 spiro atoms. The Labute approximate surface area is 146 Å². The third-order valence-corrected chi connectivity index (χ3v) is 4.03. The number of hydrogen-bond donors (Lipinski definition) is 1. The average Bonchev–Trinajstić information content (AvgIpc) is 2.70. The van der Waals surface area contributed by atoms with Crippen molar-refractivity contribution in [1.82, 2.24) is 0 Å². The molecule has 3 rings (SSSR count). The quantitative estimate of drug-likeness (QED) is 0.871. The molecular formula is C17H14BrFN2O3. The van der Waals surface area contributed by atoms with E-state index in [1.165, 1.54) is 17.0 Å². The van der Waals surface area contributed by atoms with Gasteiger partial charge in [-0.05, 0) is 30.3 Å². The van der Waals surface area contributed by atoms with Gasteiger partial charge in [-0.1, -0.05) is 28.1 Å². The second kappa shape index (κ2) is 7.00. The Morgan fingerprint density at radius 2 is 2.08 bits per heavy atom. The molecule has 24 heavy (non-hydrogen) atoms. The summed E-state index contributed by atoms with van der Waals surface area (Å²) in [5, 5.41) is 2.49. The van der Waals surface area contributed by atoms with Gasteiger partial charge in [0.15, 0.2) is 0 Å². The van der Waals surface area contributed by atoms with E-state index in [2.05, 4.69) is 21.2 Å². The largest absolute Gasteiger partial charge is 0.491 e. The van der Waals surface area contributed by atoms with Crippen LogP contribution in [0.5, 0.6) is 5.75 Å². The maximum atomic E-state index is 13.8. The van der Waals surface area contributed by atoms with Gasteiger partial charge in [0.25, 0.3) is 0 Å². The first-order chi connectivity index (χ1) is 11.5. The molecule has 2 amide bonds. The van der Waals surface area contributed by atoms with Crippen LogP contribution in [0.1, 0.15) is 6.42 Å². The Bertz CT molecular complexity index is 797. The van der Waals surface area contributed by atoms with Gasteiger partial charge in [0.1, 0.15) is 18.1 Å². The van der Waals surface area contributed by atoms with E-state index in [1.54, 1.807) is 30.3 Å². The predicted molar refractivity (Wildman–Crippen MR) is 91.6 cm³/mol. The lowest BCUT2D eigenvalue weighted by atomic mass is 10.2. The first-order valence-corrected chi connectivity index (χ1v) is 8.11. The second-order valence-electron chi connectivity index (χ2n) is 5.22. The lowest BCUT2D eigenvalue weighted by molar-refractivity contribution is -0.121. The Balaban J connectivity index is 1.79. The van der Waals surface area contributed by atoms with Crippen LogP contribution in [0, 0.1) is 5.82 Å². The molecule has 124 valence electrons. The Kier molecular flexibility index (Phi) is 4.80. The SMILES string of the molecule is O=C(CN1C(=O)CCOc2ccccc21)Nc1ccc(Br)cc1F. The molecule has 7 heteroatoms. The van der Waals surface area contributed by atoms with Crippen LogP contribution in [-0.2, 0) is 9.59 Å². The number of ether oxygens (including phenoxy) is 1. The highest BCUT2D eigenvalue weighted by atomic mass is 79.9. The van der Waals surface area contributed by atoms with E-state index >= 15 is 0 Å². The van der Waals surface area contributed by atoms with E-state index in [0.717, 1.165) is 0 Å². The molecule has 0 saturated heterocycles. The van der Waals surface area contributed by atoms with E-state index < -0.39 is 11.7 Å². The highest BCUT2D eigenvalue weighted by Crippen LogP contribution is 2.30. The topological polar surface area (TPSA) is 58.6 Å². The molecule has 0 unspecified atom stereocenters. The van der Waals surface area contributed by atoms with Crippen LogP contribution in [0.2, 0.25) is 0 Å². The van der Waals surface area contributed by atoms with Gasteiger partial charge in [-0.2, -0.15) is 0 Å². The van der Waals surface area contributed by atoms with Crippen molar-refractivity contribution in [3.8, 4) is 5.75 Å². The number of anilines is 2. The molecule has 0 saturated carbocycles. The van der Waals surface area contributed by atoms with Gasteiger partial charge >= 0.3 is 0 Å². The van der Waals surface area contributed by atoms with Crippen molar-refractivity contribution in [3.63, 3.8) is 0 Å². The Morgan fingerprint density at radius 3 is 2.88 bits per heavy atom. The normalized spacial score (nSPS) is 13.8. The van der Waals surface area contributed by atoms with Crippen LogP contribution in [0.25, 0.3) is 0 Å². The number of amides is 2. The van der Waals surface area contributed by atoms with E-state index in [-0.39, 0.29) is 31.2 Å². The third-order valence-electron chi connectivity index (χ3n) is 3.54. The van der Waals surface area contributed by atoms with Gasteiger partial charge < -0.3 is 10.1 Å². The number of hydrogen-bond acceptors (Lipinski definition) is 3. The molecule has 5 nitrogen and oxygen atoms in total. The number of benzene rings is 2. The highest BCUT2D eigenvalue weighted by Gasteiger charge is 2.25. The van der Waals surface area contributed by atoms with Crippen LogP contribution < -0.4 is 15.0 Å². The number of nitrogens with zero attached hydrogens (tertiary/aromatic N) is 1. The maximum absolute atomic E-state index is 13.8. The van der Waals surface area contributed by atoms with Crippen molar-refractivity contribution in [2.45, 2.75) is 6.42 Å². The summed E-state index contributed by atoms with van der Waals surface area (Å²) < 4.78 is 19.9. The van der Waals surface area contributed by atoms with Crippen LogP contribution >= 0.6 is 15.9 Å². The fraction of sp³-hybridized carbons (Fsp3) is 0.176. The van der Waals surface area contributed by atoms with Crippen molar-refractivity contribution in [2.75, 3.05) is 23.4 Å². The Morgan fingerprint density at radius 1 is 1.29 bits per heavy atom. The summed E-state index contributed by atoms with van der Waals surface area (Å²) in [5.74, 6) is -0.706. The number of halogens is 2. The van der Waals surface area contributed by atoms with E-state index in [4.69, 9.17) is 4.74 Å². The van der Waals surface area contributed by atoms with Crippen LogP contribution in [0.3, 0.4) is 0 Å².